The standard InChI is InChI=1S/C65H68N3O.Pt/c1-40(2)22-23-49(32-44(9)41(3)4)50-28-29-60(45(10)33-50)68-61-21-17-20-56(62(61)67-64(68)58-38-52(42(5)6)37-57(43(7)8)63(58)69)53-34-54(36-55(35-53)65(11,12)13)59-39-51(30-31-66-59)48-26-24-47(25-27-48)46-18-15-14-16-19-46;/h14-33,35-43,69H,9H2,1-8,10-13H3;/q-1;/b23-22+,49-32+;/i10D3,40D,41D;. The molecule has 2 aromatic heterocycles. The van der Waals surface area contributed by atoms with Crippen LogP contribution < -0.4 is 0 Å². The number of fused-ring (bicyclic) bond motifs is 1. The smallest absolute Gasteiger partial charge is 0.148 e. The number of aryl methyl sites for hydroxylation is 1. The maximum Gasteiger partial charge on any atom is 0.148 e. The second-order valence-electron chi connectivity index (χ2n) is 20.3. The number of aromatic nitrogens is 3. The first-order chi connectivity index (χ1) is 34.7. The van der Waals surface area contributed by atoms with Crippen molar-refractivity contribution in [2.24, 2.45) is 11.8 Å². The molecule has 1 N–H and O–H groups in total. The first-order valence-corrected chi connectivity index (χ1v) is 24.0. The number of rotatable bonds is 13. The second kappa shape index (κ2) is 21.3. The van der Waals surface area contributed by atoms with Gasteiger partial charge in [0.25, 0.3) is 0 Å². The zero-order valence-corrected chi connectivity index (χ0v) is 44.7. The molecule has 0 aliphatic carbocycles. The van der Waals surface area contributed by atoms with Crippen molar-refractivity contribution in [2.45, 2.75) is 100 Å². The average Bonchev–Trinajstić information content (AvgIpc) is 3.73. The summed E-state index contributed by atoms with van der Waals surface area (Å²) in [6, 6.07) is 46.5. The van der Waals surface area contributed by atoms with Gasteiger partial charge in [0.15, 0.2) is 0 Å². The molecular formula is C65H68N3OPt-. The summed E-state index contributed by atoms with van der Waals surface area (Å²) in [6.45, 7) is 23.5. The van der Waals surface area contributed by atoms with Gasteiger partial charge in [0.05, 0.1) is 22.3 Å². The van der Waals surface area contributed by atoms with Gasteiger partial charge in [0.1, 0.15) is 11.6 Å². The van der Waals surface area contributed by atoms with E-state index in [0.29, 0.717) is 44.8 Å². The molecule has 8 rings (SSSR count). The summed E-state index contributed by atoms with van der Waals surface area (Å²) >= 11 is 0. The first-order valence-electron chi connectivity index (χ1n) is 26.5. The molecule has 360 valence electrons. The molecule has 70 heavy (non-hydrogen) atoms. The number of phenols is 1. The molecule has 0 bridgehead atoms. The molecule has 8 aromatic rings. The SMILES string of the molecule is [2H]C(C)(C)/C=C/C(=C\C(=C)C([2H])(C)C)c1ccc(-n2c(-c3cc(C(C)C)cc(C(C)C)c3O)nc3c(-c4[c-]c(-c5cc(-c6ccc(-c7ccccc7)cc6)ccn5)cc(C(C)(C)C)c4)cccc32)c(C([2H])([2H])[2H])c1.[Pt]. The molecule has 2 heterocycles. The minimum Gasteiger partial charge on any atom is -0.507 e. The van der Waals surface area contributed by atoms with Gasteiger partial charge in [-0.25, -0.2) is 4.98 Å². The van der Waals surface area contributed by atoms with Gasteiger partial charge in [-0.3, -0.25) is 9.55 Å². The van der Waals surface area contributed by atoms with Crippen molar-refractivity contribution in [3.05, 3.63) is 198 Å². The molecular weight excluding hydrogens is 1030 g/mol. The van der Waals surface area contributed by atoms with Crippen LogP contribution in [0.15, 0.2) is 164 Å². The summed E-state index contributed by atoms with van der Waals surface area (Å²) < 4.78 is 46.5. The van der Waals surface area contributed by atoms with E-state index in [4.69, 9.17) is 16.8 Å². The Morgan fingerprint density at radius 1 is 0.743 bits per heavy atom. The van der Waals surface area contributed by atoms with E-state index in [0.717, 1.165) is 61.3 Å². The van der Waals surface area contributed by atoms with Gasteiger partial charge in [-0.15, -0.1) is 29.3 Å². The third-order valence-corrected chi connectivity index (χ3v) is 12.9. The van der Waals surface area contributed by atoms with E-state index in [2.05, 4.69) is 122 Å². The predicted octanol–water partition coefficient (Wildman–Crippen LogP) is 17.9. The fraction of sp³-hybridized carbons (Fsp3) is 0.262. The van der Waals surface area contributed by atoms with Gasteiger partial charge in [0, 0.05) is 39.8 Å². The van der Waals surface area contributed by atoms with E-state index in [1.165, 1.54) is 0 Å². The van der Waals surface area contributed by atoms with Gasteiger partial charge in [-0.05, 0) is 116 Å². The topological polar surface area (TPSA) is 50.9 Å². The molecule has 0 aliphatic rings. The van der Waals surface area contributed by atoms with Crippen LogP contribution in [0.2, 0.25) is 0 Å². The molecule has 0 amide bonds. The van der Waals surface area contributed by atoms with Crippen LogP contribution in [0.3, 0.4) is 0 Å². The number of nitrogens with zero attached hydrogens (tertiary/aromatic N) is 3. The van der Waals surface area contributed by atoms with E-state index >= 15 is 0 Å². The Labute approximate surface area is 439 Å². The Hall–Kier alpha value is -6.35. The summed E-state index contributed by atoms with van der Waals surface area (Å²) in [7, 11) is 0. The number of hydrogen-bond acceptors (Lipinski definition) is 3. The summed E-state index contributed by atoms with van der Waals surface area (Å²) in [5.74, 6) is -1.36. The van der Waals surface area contributed by atoms with Crippen LogP contribution >= 0.6 is 0 Å². The third-order valence-electron chi connectivity index (χ3n) is 12.9. The maximum absolute atomic E-state index is 12.3. The van der Waals surface area contributed by atoms with Crippen LogP contribution in [0.1, 0.15) is 123 Å². The predicted molar refractivity (Wildman–Crippen MR) is 294 cm³/mol. The van der Waals surface area contributed by atoms with Gasteiger partial charge >= 0.3 is 0 Å². The number of hydrogen-bond donors (Lipinski definition) is 1. The van der Waals surface area contributed by atoms with Crippen molar-refractivity contribution in [1.82, 2.24) is 14.5 Å². The number of imidazole rings is 1. The van der Waals surface area contributed by atoms with Crippen molar-refractivity contribution >= 4 is 16.6 Å². The first kappa shape index (κ1) is 44.8. The second-order valence-corrected chi connectivity index (χ2v) is 20.3. The van der Waals surface area contributed by atoms with Crippen molar-refractivity contribution in [2.75, 3.05) is 0 Å². The van der Waals surface area contributed by atoms with Crippen LogP contribution in [-0.2, 0) is 26.5 Å². The zero-order valence-electron chi connectivity index (χ0n) is 47.4. The van der Waals surface area contributed by atoms with E-state index < -0.39 is 18.6 Å². The third kappa shape index (κ3) is 11.0. The fourth-order valence-electron chi connectivity index (χ4n) is 8.62. The van der Waals surface area contributed by atoms with Gasteiger partial charge in [0.2, 0.25) is 0 Å². The van der Waals surface area contributed by atoms with Crippen LogP contribution in [0, 0.1) is 24.7 Å². The maximum atomic E-state index is 12.3. The zero-order chi connectivity index (χ0) is 53.7. The molecule has 6 aromatic carbocycles. The van der Waals surface area contributed by atoms with Crippen molar-refractivity contribution in [3.8, 4) is 67.5 Å². The van der Waals surface area contributed by atoms with Crippen LogP contribution in [0.5, 0.6) is 5.75 Å². The molecule has 5 heteroatoms. The Bertz CT molecular complexity index is 3450. The van der Waals surface area contributed by atoms with E-state index in [9.17, 15) is 5.11 Å². The minimum atomic E-state index is -2.62. The monoisotopic (exact) mass is 1110 g/mol. The largest absolute Gasteiger partial charge is 0.507 e. The Kier molecular flexibility index (Phi) is 13.7. The van der Waals surface area contributed by atoms with Crippen LogP contribution in [-0.4, -0.2) is 19.6 Å². The molecule has 0 unspecified atom stereocenters. The number of benzene rings is 6. The average molecular weight is 1110 g/mol. The number of aromatic hydroxyl groups is 1. The molecule has 0 fully saturated rings. The normalized spacial score (nSPS) is 13.8. The number of phenolic OH excluding ortho intramolecular Hbond substituents is 1. The molecule has 0 aliphatic heterocycles. The summed E-state index contributed by atoms with van der Waals surface area (Å²) in [5, 5.41) is 12.3. The van der Waals surface area contributed by atoms with E-state index in [-0.39, 0.29) is 49.6 Å². The number of allylic oxidation sites excluding steroid dienone is 5. The van der Waals surface area contributed by atoms with Gasteiger partial charge in [-0.1, -0.05) is 203 Å². The van der Waals surface area contributed by atoms with Crippen LogP contribution in [0.4, 0.5) is 0 Å². The Balaban J connectivity index is 0.00000820. The van der Waals surface area contributed by atoms with Gasteiger partial charge < -0.3 is 5.11 Å². The molecule has 0 spiro atoms. The summed E-state index contributed by atoms with van der Waals surface area (Å²) in [4.78, 5) is 10.4. The van der Waals surface area contributed by atoms with Crippen LogP contribution in [0.25, 0.3) is 78.3 Å². The molecule has 0 radical (unpaired) electrons. The van der Waals surface area contributed by atoms with Crippen molar-refractivity contribution in [1.29, 1.82) is 0 Å². The van der Waals surface area contributed by atoms with Gasteiger partial charge in [-0.2, -0.15) is 0 Å². The molecule has 0 saturated carbocycles. The molecule has 4 nitrogen and oxygen atoms in total. The van der Waals surface area contributed by atoms with Crippen molar-refractivity contribution in [3.63, 3.8) is 0 Å². The number of para-hydroxylation sites is 1. The molecule has 0 atom stereocenters. The number of pyridine rings is 1. The fourth-order valence-corrected chi connectivity index (χ4v) is 8.62. The quantitative estimate of drug-likeness (QED) is 0.0925. The minimum absolute atomic E-state index is 0. The Morgan fingerprint density at radius 2 is 1.43 bits per heavy atom. The van der Waals surface area contributed by atoms with Crippen molar-refractivity contribution < 1.29 is 33.0 Å². The summed E-state index contributed by atoms with van der Waals surface area (Å²) in [5.41, 5.74) is 14.1. The molecule has 0 saturated heterocycles. The van der Waals surface area contributed by atoms with E-state index in [1.54, 1.807) is 52.0 Å². The van der Waals surface area contributed by atoms with E-state index in [1.807, 2.05) is 71.4 Å². The summed E-state index contributed by atoms with van der Waals surface area (Å²) in [6.07, 6.45) is 7.20. The Morgan fingerprint density at radius 3 is 2.07 bits per heavy atom.